The second-order valence-electron chi connectivity index (χ2n) is 7.85. The number of amides is 1. The summed E-state index contributed by atoms with van der Waals surface area (Å²) in [6.45, 7) is 2.40. The highest BCUT2D eigenvalue weighted by molar-refractivity contribution is 7.90. The smallest absolute Gasteiger partial charge is 0.243 e. The number of aromatic nitrogens is 1. The van der Waals surface area contributed by atoms with Crippen molar-refractivity contribution in [2.75, 3.05) is 24.7 Å². The Balaban J connectivity index is 1.40. The lowest BCUT2D eigenvalue weighted by Gasteiger charge is -2.30. The molecule has 0 spiro atoms. The van der Waals surface area contributed by atoms with E-state index in [1.165, 1.54) is 39.9 Å². The molecule has 1 N–H and O–H groups in total. The first-order chi connectivity index (χ1) is 15.1. The number of fused-ring (bicyclic) bond motifs is 1. The van der Waals surface area contributed by atoms with Crippen LogP contribution >= 0.6 is 11.3 Å². The number of nitrogens with zero attached hydrogens (tertiary/aromatic N) is 2. The molecule has 0 bridgehead atoms. The van der Waals surface area contributed by atoms with Crippen molar-refractivity contribution in [2.45, 2.75) is 29.6 Å². The Hall–Kier alpha value is -2.34. The molecule has 3 aromatic rings. The van der Waals surface area contributed by atoms with E-state index in [-0.39, 0.29) is 34.7 Å². The Labute approximate surface area is 191 Å². The average Bonchev–Trinajstić information content (AvgIpc) is 3.17. The van der Waals surface area contributed by atoms with Crippen LogP contribution in [-0.2, 0) is 24.7 Å². The SMILES string of the molecule is Cc1cccc2sc(NC(=O)C3CCN(S(=O)(=O)c4ccc(S(C)(=O)=O)cc4)CC3)nc12. The third-order valence-electron chi connectivity index (χ3n) is 5.57. The molecular weight excluding hydrogens is 470 g/mol. The average molecular weight is 494 g/mol. The van der Waals surface area contributed by atoms with Gasteiger partial charge in [-0.2, -0.15) is 4.31 Å². The fraction of sp³-hybridized carbons (Fsp3) is 0.333. The van der Waals surface area contributed by atoms with Crippen molar-refractivity contribution < 1.29 is 21.6 Å². The number of carbonyl (C=O) groups is 1. The maximum absolute atomic E-state index is 12.9. The number of benzene rings is 2. The standard InChI is InChI=1S/C21H23N3O5S3/c1-14-4-3-5-18-19(14)22-21(30-18)23-20(25)15-10-12-24(13-11-15)32(28,29)17-8-6-16(7-9-17)31(2,26)27/h3-9,15H,10-13H2,1-2H3,(H,22,23,25). The van der Waals surface area contributed by atoms with E-state index in [1.54, 1.807) is 0 Å². The highest BCUT2D eigenvalue weighted by Crippen LogP contribution is 2.30. The molecule has 0 saturated carbocycles. The number of hydrogen-bond donors (Lipinski definition) is 1. The summed E-state index contributed by atoms with van der Waals surface area (Å²) in [4.78, 5) is 17.3. The molecule has 170 valence electrons. The second kappa shape index (κ2) is 8.54. The first-order valence-corrected chi connectivity index (χ1v) is 14.2. The van der Waals surface area contributed by atoms with E-state index >= 15 is 0 Å². The molecule has 1 aliphatic heterocycles. The third-order valence-corrected chi connectivity index (χ3v) is 9.54. The molecule has 0 atom stereocenters. The molecule has 0 unspecified atom stereocenters. The van der Waals surface area contributed by atoms with Gasteiger partial charge in [-0.1, -0.05) is 23.5 Å². The largest absolute Gasteiger partial charge is 0.302 e. The van der Waals surface area contributed by atoms with Gasteiger partial charge >= 0.3 is 0 Å². The van der Waals surface area contributed by atoms with E-state index in [2.05, 4.69) is 10.3 Å². The Morgan fingerprint density at radius 1 is 1.03 bits per heavy atom. The summed E-state index contributed by atoms with van der Waals surface area (Å²) < 4.78 is 51.4. The van der Waals surface area contributed by atoms with Crippen LogP contribution in [0.2, 0.25) is 0 Å². The van der Waals surface area contributed by atoms with E-state index < -0.39 is 19.9 Å². The van der Waals surface area contributed by atoms with Crippen molar-refractivity contribution in [1.29, 1.82) is 0 Å². The van der Waals surface area contributed by atoms with E-state index in [4.69, 9.17) is 0 Å². The van der Waals surface area contributed by atoms with Crippen molar-refractivity contribution in [2.24, 2.45) is 5.92 Å². The zero-order chi connectivity index (χ0) is 23.1. The van der Waals surface area contributed by atoms with Crippen molar-refractivity contribution in [3.05, 3.63) is 48.0 Å². The number of sulfonamides is 1. The van der Waals surface area contributed by atoms with Gasteiger partial charge in [0.2, 0.25) is 15.9 Å². The minimum absolute atomic E-state index is 0.0395. The summed E-state index contributed by atoms with van der Waals surface area (Å²) in [5.74, 6) is -0.460. The molecule has 1 fully saturated rings. The van der Waals surface area contributed by atoms with Crippen molar-refractivity contribution >= 4 is 52.5 Å². The Kier molecular flexibility index (Phi) is 6.10. The number of sulfone groups is 1. The molecule has 0 radical (unpaired) electrons. The fourth-order valence-electron chi connectivity index (χ4n) is 3.71. The van der Waals surface area contributed by atoms with Crippen LogP contribution in [0.4, 0.5) is 5.13 Å². The molecule has 11 heteroatoms. The van der Waals surface area contributed by atoms with Gasteiger partial charge in [0, 0.05) is 25.3 Å². The molecule has 1 amide bonds. The Morgan fingerprint density at radius 3 is 2.25 bits per heavy atom. The summed E-state index contributed by atoms with van der Waals surface area (Å²) in [7, 11) is -7.16. The number of aryl methyl sites for hydroxylation is 1. The molecule has 32 heavy (non-hydrogen) atoms. The van der Waals surface area contributed by atoms with E-state index in [0.29, 0.717) is 18.0 Å². The van der Waals surface area contributed by atoms with Gasteiger partial charge in [-0.05, 0) is 55.7 Å². The summed E-state index contributed by atoms with van der Waals surface area (Å²) in [6, 6.07) is 11.1. The summed E-state index contributed by atoms with van der Waals surface area (Å²) in [5, 5.41) is 3.42. The van der Waals surface area contributed by atoms with Gasteiger partial charge in [0.25, 0.3) is 0 Å². The maximum Gasteiger partial charge on any atom is 0.243 e. The van der Waals surface area contributed by atoms with Crippen LogP contribution in [0.1, 0.15) is 18.4 Å². The number of anilines is 1. The maximum atomic E-state index is 12.9. The lowest BCUT2D eigenvalue weighted by molar-refractivity contribution is -0.120. The van der Waals surface area contributed by atoms with Crippen LogP contribution < -0.4 is 5.32 Å². The summed E-state index contributed by atoms with van der Waals surface area (Å²) in [6.07, 6.45) is 1.87. The van der Waals surface area contributed by atoms with Crippen molar-refractivity contribution in [3.8, 4) is 0 Å². The predicted molar refractivity (Wildman–Crippen MR) is 124 cm³/mol. The van der Waals surface area contributed by atoms with E-state index in [9.17, 15) is 21.6 Å². The van der Waals surface area contributed by atoms with E-state index in [0.717, 1.165) is 22.0 Å². The lowest BCUT2D eigenvalue weighted by Crippen LogP contribution is -2.41. The Bertz CT molecular complexity index is 1370. The number of nitrogens with one attached hydrogen (secondary N) is 1. The van der Waals surface area contributed by atoms with Crippen LogP contribution in [0.25, 0.3) is 10.2 Å². The molecule has 8 nitrogen and oxygen atoms in total. The predicted octanol–water partition coefficient (Wildman–Crippen LogP) is 3.05. The molecule has 2 aromatic carbocycles. The van der Waals surface area contributed by atoms with Gasteiger partial charge in [0.1, 0.15) is 0 Å². The van der Waals surface area contributed by atoms with Crippen LogP contribution in [0.3, 0.4) is 0 Å². The quantitative estimate of drug-likeness (QED) is 0.584. The van der Waals surface area contributed by atoms with Gasteiger partial charge in [0.05, 0.1) is 20.0 Å². The van der Waals surface area contributed by atoms with Gasteiger partial charge in [-0.15, -0.1) is 0 Å². The minimum atomic E-state index is -3.76. The normalized spacial score (nSPS) is 16.3. The number of thiazole rings is 1. The zero-order valence-corrected chi connectivity index (χ0v) is 20.1. The molecule has 1 saturated heterocycles. The third kappa shape index (κ3) is 4.56. The monoisotopic (exact) mass is 493 g/mol. The topological polar surface area (TPSA) is 114 Å². The minimum Gasteiger partial charge on any atom is -0.302 e. The van der Waals surface area contributed by atoms with Crippen LogP contribution in [-0.4, -0.2) is 51.4 Å². The molecule has 4 rings (SSSR count). The zero-order valence-electron chi connectivity index (χ0n) is 17.6. The van der Waals surface area contributed by atoms with Gasteiger partial charge < -0.3 is 5.32 Å². The van der Waals surface area contributed by atoms with Crippen molar-refractivity contribution in [3.63, 3.8) is 0 Å². The number of piperidine rings is 1. The van der Waals surface area contributed by atoms with Gasteiger partial charge in [0.15, 0.2) is 15.0 Å². The molecular formula is C21H23N3O5S3. The summed E-state index contributed by atoms with van der Waals surface area (Å²) >= 11 is 1.42. The van der Waals surface area contributed by atoms with Gasteiger partial charge in [-0.3, -0.25) is 4.79 Å². The van der Waals surface area contributed by atoms with Crippen LogP contribution in [0.5, 0.6) is 0 Å². The Morgan fingerprint density at radius 2 is 1.66 bits per heavy atom. The number of hydrogen-bond acceptors (Lipinski definition) is 7. The fourth-order valence-corrected chi connectivity index (χ4v) is 6.76. The first kappa shape index (κ1) is 22.8. The highest BCUT2D eigenvalue weighted by atomic mass is 32.2. The second-order valence-corrected chi connectivity index (χ2v) is 12.8. The lowest BCUT2D eigenvalue weighted by atomic mass is 9.97. The van der Waals surface area contributed by atoms with Crippen LogP contribution in [0, 0.1) is 12.8 Å². The van der Waals surface area contributed by atoms with Crippen LogP contribution in [0.15, 0.2) is 52.3 Å². The molecule has 1 aromatic heterocycles. The first-order valence-electron chi connectivity index (χ1n) is 10.0. The number of para-hydroxylation sites is 1. The summed E-state index contributed by atoms with van der Waals surface area (Å²) in [5.41, 5.74) is 1.91. The highest BCUT2D eigenvalue weighted by Gasteiger charge is 2.32. The molecule has 2 heterocycles. The molecule has 1 aliphatic rings. The van der Waals surface area contributed by atoms with E-state index in [1.807, 2.05) is 25.1 Å². The number of carbonyl (C=O) groups excluding carboxylic acids is 1. The van der Waals surface area contributed by atoms with Gasteiger partial charge in [-0.25, -0.2) is 21.8 Å². The number of rotatable bonds is 5. The molecule has 0 aliphatic carbocycles. The van der Waals surface area contributed by atoms with Crippen molar-refractivity contribution in [1.82, 2.24) is 9.29 Å².